The minimum atomic E-state index is -0.518. The number of nitrogens with zero attached hydrogens (tertiary/aromatic N) is 3. The second-order valence-electron chi connectivity index (χ2n) is 6.59. The lowest BCUT2D eigenvalue weighted by molar-refractivity contribution is 0.0693. The van der Waals surface area contributed by atoms with Gasteiger partial charge in [-0.1, -0.05) is 11.6 Å². The van der Waals surface area contributed by atoms with Gasteiger partial charge in [-0.25, -0.2) is 14.2 Å². The van der Waals surface area contributed by atoms with Crippen molar-refractivity contribution in [2.24, 2.45) is 0 Å². The van der Waals surface area contributed by atoms with Crippen molar-refractivity contribution in [2.45, 2.75) is 18.9 Å². The van der Waals surface area contributed by atoms with Crippen molar-refractivity contribution >= 4 is 28.6 Å². The van der Waals surface area contributed by atoms with Gasteiger partial charge in [0.1, 0.15) is 11.0 Å². The predicted octanol–water partition coefficient (Wildman–Crippen LogP) is 3.27. The molecule has 1 aromatic carbocycles. The van der Waals surface area contributed by atoms with Crippen LogP contribution < -0.4 is 10.5 Å². The number of pyridine rings is 1. The maximum absolute atomic E-state index is 13.6. The lowest BCUT2D eigenvalue weighted by Gasteiger charge is -2.32. The lowest BCUT2D eigenvalue weighted by atomic mass is 10.0. The number of rotatable bonds is 3. The molecule has 1 amide bonds. The Morgan fingerprint density at radius 3 is 2.75 bits per heavy atom. The third-order valence-electron chi connectivity index (χ3n) is 4.92. The zero-order valence-electron chi connectivity index (χ0n) is 15.0. The molecule has 9 heteroatoms. The number of ether oxygens (including phenoxy) is 1. The summed E-state index contributed by atoms with van der Waals surface area (Å²) < 4.78 is 25.4. The molecule has 0 aliphatic carbocycles. The standard InChI is InChI=1S/C19H17ClFN3O4/c1-27-17-9-11(8-16(20)22-17)18(25)23-6-4-13(5-7-23)24-14-10-12(21)2-3-15(14)28-19(24)26/h2-3,8-10,13H,4-7H2,1H3. The first-order valence-electron chi connectivity index (χ1n) is 8.77. The van der Waals surface area contributed by atoms with Crippen LogP contribution in [0.2, 0.25) is 5.15 Å². The number of fused-ring (bicyclic) bond motifs is 1. The molecule has 4 rings (SSSR count). The largest absolute Gasteiger partial charge is 0.481 e. The van der Waals surface area contributed by atoms with E-state index in [1.165, 1.54) is 42.0 Å². The van der Waals surface area contributed by atoms with Crippen molar-refractivity contribution in [2.75, 3.05) is 20.2 Å². The van der Waals surface area contributed by atoms with Gasteiger partial charge >= 0.3 is 5.76 Å². The van der Waals surface area contributed by atoms with Crippen molar-refractivity contribution in [3.63, 3.8) is 0 Å². The van der Waals surface area contributed by atoms with Crippen LogP contribution in [-0.2, 0) is 0 Å². The lowest BCUT2D eigenvalue weighted by Crippen LogP contribution is -2.40. The number of piperidine rings is 1. The van der Waals surface area contributed by atoms with Crippen molar-refractivity contribution in [1.29, 1.82) is 0 Å². The van der Waals surface area contributed by atoms with E-state index in [9.17, 15) is 14.0 Å². The number of amides is 1. The van der Waals surface area contributed by atoms with Gasteiger partial charge in [0.2, 0.25) is 5.88 Å². The number of carbonyl (C=O) groups excluding carboxylic acids is 1. The molecule has 0 spiro atoms. The summed E-state index contributed by atoms with van der Waals surface area (Å²) >= 11 is 5.95. The Kier molecular flexibility index (Phi) is 4.80. The first-order chi connectivity index (χ1) is 13.5. The number of methoxy groups -OCH3 is 1. The highest BCUT2D eigenvalue weighted by atomic mass is 35.5. The van der Waals surface area contributed by atoms with E-state index in [1.54, 1.807) is 4.90 Å². The summed E-state index contributed by atoms with van der Waals surface area (Å²) in [4.78, 5) is 30.7. The van der Waals surface area contributed by atoms with Gasteiger partial charge in [0.25, 0.3) is 5.91 Å². The van der Waals surface area contributed by atoms with Crippen LogP contribution in [0.1, 0.15) is 29.2 Å². The molecule has 0 bridgehead atoms. The van der Waals surface area contributed by atoms with Crippen LogP contribution in [0.3, 0.4) is 0 Å². The monoisotopic (exact) mass is 405 g/mol. The molecule has 1 aliphatic rings. The molecular weight excluding hydrogens is 389 g/mol. The molecule has 146 valence electrons. The molecule has 0 saturated carbocycles. The van der Waals surface area contributed by atoms with Crippen LogP contribution in [0.5, 0.6) is 5.88 Å². The van der Waals surface area contributed by atoms with E-state index < -0.39 is 11.6 Å². The van der Waals surface area contributed by atoms with Gasteiger partial charge in [-0.15, -0.1) is 0 Å². The summed E-state index contributed by atoms with van der Waals surface area (Å²) in [5, 5.41) is 0.177. The Balaban J connectivity index is 1.53. The Hall–Kier alpha value is -2.87. The Morgan fingerprint density at radius 1 is 1.29 bits per heavy atom. The number of carbonyl (C=O) groups is 1. The summed E-state index contributed by atoms with van der Waals surface area (Å²) in [6, 6.07) is 6.86. The highest BCUT2D eigenvalue weighted by molar-refractivity contribution is 6.29. The fourth-order valence-electron chi connectivity index (χ4n) is 3.56. The molecule has 3 heterocycles. The average Bonchev–Trinajstić information content (AvgIpc) is 3.02. The van der Waals surface area contributed by atoms with Gasteiger partial charge in [0.05, 0.1) is 12.6 Å². The van der Waals surface area contributed by atoms with Gasteiger partial charge in [-0.05, 0) is 31.0 Å². The topological polar surface area (TPSA) is 77.6 Å². The predicted molar refractivity (Wildman–Crippen MR) is 100 cm³/mol. The van der Waals surface area contributed by atoms with E-state index in [1.807, 2.05) is 0 Å². The Morgan fingerprint density at radius 2 is 2.04 bits per heavy atom. The first-order valence-corrected chi connectivity index (χ1v) is 9.15. The van der Waals surface area contributed by atoms with Crippen molar-refractivity contribution in [1.82, 2.24) is 14.5 Å². The summed E-state index contributed by atoms with van der Waals surface area (Å²) in [6.07, 6.45) is 1.10. The van der Waals surface area contributed by atoms with E-state index in [2.05, 4.69) is 4.98 Å². The second-order valence-corrected chi connectivity index (χ2v) is 6.98. The van der Waals surface area contributed by atoms with Gasteiger partial charge in [-0.2, -0.15) is 0 Å². The van der Waals surface area contributed by atoms with Crippen LogP contribution in [0, 0.1) is 5.82 Å². The van der Waals surface area contributed by atoms with Crippen molar-refractivity contribution < 1.29 is 18.3 Å². The molecule has 0 unspecified atom stereocenters. The fraction of sp³-hybridized carbons (Fsp3) is 0.316. The average molecular weight is 406 g/mol. The Bertz CT molecular complexity index is 1100. The number of aromatic nitrogens is 2. The van der Waals surface area contributed by atoms with Crippen molar-refractivity contribution in [3.8, 4) is 5.88 Å². The molecule has 2 aromatic heterocycles. The first kappa shape index (κ1) is 18.5. The van der Waals surface area contributed by atoms with E-state index in [4.69, 9.17) is 20.8 Å². The van der Waals surface area contributed by atoms with Crippen molar-refractivity contribution in [3.05, 3.63) is 57.4 Å². The molecule has 1 saturated heterocycles. The SMILES string of the molecule is COc1cc(C(=O)N2CCC(n3c(=O)oc4ccc(F)cc43)CC2)cc(Cl)n1. The molecule has 0 atom stereocenters. The highest BCUT2D eigenvalue weighted by Crippen LogP contribution is 2.27. The number of likely N-dealkylation sites (tertiary alicyclic amines) is 1. The van der Waals surface area contributed by atoms with Crippen LogP contribution >= 0.6 is 11.6 Å². The van der Waals surface area contributed by atoms with Gasteiger partial charge < -0.3 is 14.1 Å². The minimum absolute atomic E-state index is 0.171. The third kappa shape index (κ3) is 3.35. The summed E-state index contributed by atoms with van der Waals surface area (Å²) in [5.74, 6) is -0.866. The molecule has 1 fully saturated rings. The number of oxazole rings is 1. The maximum Gasteiger partial charge on any atom is 0.420 e. The van der Waals surface area contributed by atoms with Crippen LogP contribution in [0.4, 0.5) is 4.39 Å². The fourth-order valence-corrected chi connectivity index (χ4v) is 3.76. The highest BCUT2D eigenvalue weighted by Gasteiger charge is 2.28. The summed E-state index contributed by atoms with van der Waals surface area (Å²) in [5.41, 5.74) is 1.17. The number of hydrogen-bond acceptors (Lipinski definition) is 5. The third-order valence-corrected chi connectivity index (χ3v) is 5.11. The maximum atomic E-state index is 13.6. The van der Waals surface area contributed by atoms with Gasteiger partial charge in [-0.3, -0.25) is 9.36 Å². The smallest absolute Gasteiger partial charge is 0.420 e. The number of halogens is 2. The zero-order valence-corrected chi connectivity index (χ0v) is 15.8. The van der Waals surface area contributed by atoms with E-state index in [0.29, 0.717) is 42.6 Å². The Labute approximate surface area is 164 Å². The summed E-state index contributed by atoms with van der Waals surface area (Å²) in [6.45, 7) is 0.889. The van der Waals surface area contributed by atoms with Gasteiger partial charge in [0, 0.05) is 36.8 Å². The quantitative estimate of drug-likeness (QED) is 0.625. The number of benzene rings is 1. The molecule has 0 radical (unpaired) electrons. The van der Waals surface area contributed by atoms with Crippen LogP contribution in [-0.4, -0.2) is 40.6 Å². The molecule has 28 heavy (non-hydrogen) atoms. The van der Waals surface area contributed by atoms with E-state index >= 15 is 0 Å². The molecule has 1 aliphatic heterocycles. The second kappa shape index (κ2) is 7.27. The van der Waals surface area contributed by atoms with Crippen LogP contribution in [0.15, 0.2) is 39.5 Å². The minimum Gasteiger partial charge on any atom is -0.481 e. The van der Waals surface area contributed by atoms with E-state index in [0.717, 1.165) is 0 Å². The normalized spacial score (nSPS) is 15.2. The van der Waals surface area contributed by atoms with Gasteiger partial charge in [0.15, 0.2) is 5.58 Å². The molecule has 3 aromatic rings. The molecular formula is C19H17ClFN3O4. The molecule has 7 nitrogen and oxygen atoms in total. The van der Waals surface area contributed by atoms with E-state index in [-0.39, 0.29) is 23.0 Å². The number of hydrogen-bond donors (Lipinski definition) is 0. The van der Waals surface area contributed by atoms with Crippen LogP contribution in [0.25, 0.3) is 11.1 Å². The zero-order chi connectivity index (χ0) is 19.8. The summed E-state index contributed by atoms with van der Waals surface area (Å²) in [7, 11) is 1.45. The molecule has 0 N–H and O–H groups in total.